The summed E-state index contributed by atoms with van der Waals surface area (Å²) in [5.41, 5.74) is -6.22. The zero-order valence-electron chi connectivity index (χ0n) is 18.2. The van der Waals surface area contributed by atoms with Gasteiger partial charge in [0.2, 0.25) is 5.88 Å². The van der Waals surface area contributed by atoms with Gasteiger partial charge in [0.25, 0.3) is 5.92 Å². The summed E-state index contributed by atoms with van der Waals surface area (Å²) in [4.78, 5) is 7.81. The van der Waals surface area contributed by atoms with E-state index in [1.807, 2.05) is 0 Å². The number of benzene rings is 1. The van der Waals surface area contributed by atoms with Gasteiger partial charge in [-0.3, -0.25) is 4.98 Å². The van der Waals surface area contributed by atoms with Crippen LogP contribution in [0.5, 0.6) is 5.88 Å². The Hall–Kier alpha value is -3.36. The van der Waals surface area contributed by atoms with Gasteiger partial charge in [-0.15, -0.1) is 5.10 Å². The molecule has 0 radical (unpaired) electrons. The molecule has 3 fully saturated rings. The maximum absolute atomic E-state index is 16.1. The van der Waals surface area contributed by atoms with Crippen molar-refractivity contribution >= 4 is 0 Å². The molecule has 3 aromatic rings. The monoisotopic (exact) mass is 518 g/mol. The Morgan fingerprint density at radius 3 is 2.31 bits per heavy atom. The first-order valence-corrected chi connectivity index (χ1v) is 10.6. The normalized spacial score (nSPS) is 25.0. The van der Waals surface area contributed by atoms with Crippen LogP contribution >= 0.6 is 0 Å². The first-order valence-electron chi connectivity index (χ1n) is 10.6. The molecular formula is C21H17F7N6O2. The van der Waals surface area contributed by atoms with Gasteiger partial charge in [0, 0.05) is 22.5 Å². The molecular weight excluding hydrogens is 501 g/mol. The summed E-state index contributed by atoms with van der Waals surface area (Å²) in [6.07, 6.45) is -1.88. The van der Waals surface area contributed by atoms with Crippen molar-refractivity contribution in [3.63, 3.8) is 0 Å². The van der Waals surface area contributed by atoms with Crippen LogP contribution in [0.1, 0.15) is 30.5 Å². The van der Waals surface area contributed by atoms with Crippen LogP contribution in [0.2, 0.25) is 0 Å². The lowest BCUT2D eigenvalue weighted by molar-refractivity contribution is -0.348. The van der Waals surface area contributed by atoms with Gasteiger partial charge >= 0.3 is 6.18 Å². The molecule has 8 nitrogen and oxygen atoms in total. The van der Waals surface area contributed by atoms with E-state index in [-0.39, 0.29) is 30.8 Å². The summed E-state index contributed by atoms with van der Waals surface area (Å²) in [7, 11) is 0. The summed E-state index contributed by atoms with van der Waals surface area (Å²) < 4.78 is 103. The summed E-state index contributed by atoms with van der Waals surface area (Å²) >= 11 is 0. The molecule has 0 amide bonds. The Kier molecular flexibility index (Phi) is 5.29. The number of aromatic nitrogens is 6. The number of hydrogen-bond donors (Lipinski definition) is 1. The summed E-state index contributed by atoms with van der Waals surface area (Å²) in [5, 5.41) is 21.5. The van der Waals surface area contributed by atoms with Crippen molar-refractivity contribution in [3.8, 4) is 5.88 Å². The number of rotatable bonds is 8. The zero-order chi connectivity index (χ0) is 26.0. The number of hydrogen-bond acceptors (Lipinski definition) is 7. The third kappa shape index (κ3) is 3.67. The van der Waals surface area contributed by atoms with Crippen LogP contribution in [-0.4, -0.2) is 54.0 Å². The van der Waals surface area contributed by atoms with Gasteiger partial charge in [-0.2, -0.15) is 13.2 Å². The lowest BCUT2D eigenvalue weighted by Gasteiger charge is -2.73. The van der Waals surface area contributed by atoms with E-state index in [2.05, 4.69) is 30.2 Å². The molecule has 2 bridgehead atoms. The second kappa shape index (κ2) is 7.82. The molecule has 6 rings (SSSR count). The molecule has 0 saturated heterocycles. The van der Waals surface area contributed by atoms with E-state index in [1.54, 1.807) is 0 Å². The minimum absolute atomic E-state index is 0.148. The lowest BCUT2D eigenvalue weighted by Crippen LogP contribution is -2.76. The molecule has 36 heavy (non-hydrogen) atoms. The largest absolute Gasteiger partial charge is 0.467 e. The molecule has 2 heterocycles. The van der Waals surface area contributed by atoms with Gasteiger partial charge in [-0.05, 0) is 41.8 Å². The molecule has 192 valence electrons. The Bertz CT molecular complexity index is 1250. The molecule has 3 saturated carbocycles. The standard InChI is InChI=1S/C21H17F7N6O2/c22-12-1-2-13(14(23)3-12)19(35,9-34-11-31-32-33-34)21(27,28)18-6-17(7-18,8-18)15-4-30-16(5-29-15)36-10-20(24,25)26/h1-5,11,35H,6-10H2/t17?,18?,19-/m1/s1. The topological polar surface area (TPSA) is 98.8 Å². The minimum atomic E-state index is -4.56. The SMILES string of the molecule is O[C@](Cn1cnnn1)(c1ccc(F)cc1F)C(F)(F)C12CC(c3cnc(OCC(F)(F)F)cn3)(C1)C2. The Balaban J connectivity index is 1.39. The van der Waals surface area contributed by atoms with E-state index < -0.39 is 58.9 Å². The van der Waals surface area contributed by atoms with Gasteiger partial charge in [-0.25, -0.2) is 27.2 Å². The zero-order valence-corrected chi connectivity index (χ0v) is 18.2. The molecule has 0 spiro atoms. The van der Waals surface area contributed by atoms with Crippen LogP contribution in [0.25, 0.3) is 0 Å². The number of tetrazole rings is 1. The highest BCUT2D eigenvalue weighted by Gasteiger charge is 2.82. The molecule has 2 aromatic heterocycles. The van der Waals surface area contributed by atoms with E-state index >= 15 is 8.78 Å². The Labute approximate surface area is 198 Å². The van der Waals surface area contributed by atoms with Crippen LogP contribution < -0.4 is 4.74 Å². The predicted octanol–water partition coefficient (Wildman–Crippen LogP) is 3.33. The number of ether oxygens (including phenoxy) is 1. The average Bonchev–Trinajstić information content (AvgIpc) is 3.23. The van der Waals surface area contributed by atoms with Crippen molar-refractivity contribution in [1.29, 1.82) is 0 Å². The smallest absolute Gasteiger partial charge is 0.422 e. The van der Waals surface area contributed by atoms with E-state index in [0.717, 1.165) is 29.3 Å². The van der Waals surface area contributed by atoms with E-state index in [4.69, 9.17) is 0 Å². The van der Waals surface area contributed by atoms with Gasteiger partial charge in [0.05, 0.1) is 24.6 Å². The Morgan fingerprint density at radius 1 is 1.03 bits per heavy atom. The number of alkyl halides is 5. The second-order valence-corrected chi connectivity index (χ2v) is 9.30. The fourth-order valence-electron chi connectivity index (χ4n) is 5.32. The molecule has 3 aliphatic rings. The van der Waals surface area contributed by atoms with Crippen LogP contribution in [0.4, 0.5) is 30.7 Å². The first kappa shape index (κ1) is 24.3. The first-order chi connectivity index (χ1) is 16.8. The summed E-state index contributed by atoms with van der Waals surface area (Å²) in [6, 6.07) is 1.92. The molecule has 1 aromatic carbocycles. The number of halogens is 7. The van der Waals surface area contributed by atoms with Gasteiger partial charge in [0.15, 0.2) is 12.2 Å². The predicted molar refractivity (Wildman–Crippen MR) is 105 cm³/mol. The maximum atomic E-state index is 16.1. The molecule has 1 N–H and O–H groups in total. The lowest BCUT2D eigenvalue weighted by atomic mass is 9.31. The van der Waals surface area contributed by atoms with Gasteiger partial charge < -0.3 is 9.84 Å². The summed E-state index contributed by atoms with van der Waals surface area (Å²) in [6.45, 7) is -2.46. The highest BCUT2D eigenvalue weighted by atomic mass is 19.4. The second-order valence-electron chi connectivity index (χ2n) is 9.30. The molecule has 3 aliphatic carbocycles. The highest BCUT2D eigenvalue weighted by Crippen LogP contribution is 2.80. The molecule has 0 unspecified atom stereocenters. The quantitative estimate of drug-likeness (QED) is 0.457. The number of nitrogens with zero attached hydrogens (tertiary/aromatic N) is 6. The van der Waals surface area contributed by atoms with Crippen LogP contribution in [0.3, 0.4) is 0 Å². The van der Waals surface area contributed by atoms with E-state index in [9.17, 15) is 27.1 Å². The number of aliphatic hydroxyl groups is 1. The van der Waals surface area contributed by atoms with Gasteiger partial charge in [0.1, 0.15) is 18.0 Å². The van der Waals surface area contributed by atoms with Crippen molar-refractivity contribution in [1.82, 2.24) is 30.2 Å². The van der Waals surface area contributed by atoms with Crippen molar-refractivity contribution in [2.45, 2.75) is 48.9 Å². The Morgan fingerprint density at radius 2 is 1.75 bits per heavy atom. The third-order valence-corrected chi connectivity index (χ3v) is 6.93. The van der Waals surface area contributed by atoms with Crippen molar-refractivity contribution in [3.05, 3.63) is 59.8 Å². The maximum Gasteiger partial charge on any atom is 0.422 e. The fourth-order valence-corrected chi connectivity index (χ4v) is 5.32. The average molecular weight is 518 g/mol. The van der Waals surface area contributed by atoms with Gasteiger partial charge in [-0.1, -0.05) is 0 Å². The van der Waals surface area contributed by atoms with Crippen LogP contribution in [-0.2, 0) is 17.6 Å². The fraction of sp³-hybridized carbons (Fsp3) is 0.476. The van der Waals surface area contributed by atoms with Crippen molar-refractivity contribution in [2.24, 2.45) is 5.41 Å². The summed E-state index contributed by atoms with van der Waals surface area (Å²) in [5.74, 6) is -6.65. The molecule has 1 atom stereocenters. The van der Waals surface area contributed by atoms with Crippen molar-refractivity contribution < 1.29 is 40.6 Å². The van der Waals surface area contributed by atoms with Crippen LogP contribution in [0, 0.1) is 17.0 Å². The van der Waals surface area contributed by atoms with E-state index in [1.165, 1.54) is 6.20 Å². The highest BCUT2D eigenvalue weighted by molar-refractivity contribution is 5.40. The molecule has 15 heteroatoms. The van der Waals surface area contributed by atoms with Crippen molar-refractivity contribution in [2.75, 3.05) is 6.61 Å². The van der Waals surface area contributed by atoms with Crippen LogP contribution in [0.15, 0.2) is 36.9 Å². The third-order valence-electron chi connectivity index (χ3n) is 6.93. The van der Waals surface area contributed by atoms with E-state index in [0.29, 0.717) is 6.07 Å². The minimum Gasteiger partial charge on any atom is -0.467 e. The molecule has 0 aliphatic heterocycles.